The molecule has 1 aliphatic carbocycles. The van der Waals surface area contributed by atoms with Crippen molar-refractivity contribution >= 4 is 35.1 Å². The Bertz CT molecular complexity index is 1000. The van der Waals surface area contributed by atoms with Crippen LogP contribution in [0.2, 0.25) is 0 Å². The lowest BCUT2D eigenvalue weighted by Crippen LogP contribution is -2.50. The quantitative estimate of drug-likeness (QED) is 0.690. The van der Waals surface area contributed by atoms with Crippen LogP contribution < -0.4 is 10.2 Å². The Morgan fingerprint density at radius 3 is 2.48 bits per heavy atom. The van der Waals surface area contributed by atoms with Crippen LogP contribution in [0.5, 0.6) is 0 Å². The molecule has 8 nitrogen and oxygen atoms in total. The van der Waals surface area contributed by atoms with Crippen molar-refractivity contribution in [3.8, 4) is 6.07 Å². The maximum atomic E-state index is 12.9. The first-order chi connectivity index (χ1) is 14.9. The van der Waals surface area contributed by atoms with Gasteiger partial charge in [0.1, 0.15) is 6.07 Å². The molecule has 2 fully saturated rings. The molecule has 0 spiro atoms. The summed E-state index contributed by atoms with van der Waals surface area (Å²) in [6.45, 7) is 5.77. The minimum Gasteiger partial charge on any atom is -0.423 e. The molecule has 2 amide bonds. The Balaban J connectivity index is 1.31. The third-order valence-corrected chi connectivity index (χ3v) is 6.47. The fourth-order valence-electron chi connectivity index (χ4n) is 3.58. The van der Waals surface area contributed by atoms with Gasteiger partial charge in [0.2, 0.25) is 29.3 Å². The summed E-state index contributed by atoms with van der Waals surface area (Å²) < 4.78 is 5.88. The van der Waals surface area contributed by atoms with E-state index in [1.54, 1.807) is 0 Å². The summed E-state index contributed by atoms with van der Waals surface area (Å²) in [4.78, 5) is 33.2. The highest BCUT2D eigenvalue weighted by Gasteiger charge is 2.33. The number of carbonyl (C=O) groups excluding carboxylic acids is 2. The average molecular weight is 440 g/mol. The Morgan fingerprint density at radius 2 is 1.90 bits per heavy atom. The fourth-order valence-corrected chi connectivity index (χ4v) is 4.53. The summed E-state index contributed by atoms with van der Waals surface area (Å²) in [6.07, 6.45) is 2.14. The Labute approximate surface area is 185 Å². The number of thioether (sulfide) groups is 1. The molecule has 1 N–H and O–H groups in total. The van der Waals surface area contributed by atoms with Crippen LogP contribution >= 0.6 is 11.8 Å². The van der Waals surface area contributed by atoms with Gasteiger partial charge in [0.25, 0.3) is 0 Å². The highest BCUT2D eigenvalue weighted by atomic mass is 32.2. The van der Waals surface area contributed by atoms with Crippen molar-refractivity contribution in [2.75, 3.05) is 36.4 Å². The molecule has 2 aromatic rings. The zero-order valence-electron chi connectivity index (χ0n) is 17.6. The SMILES string of the molecule is CC(=O)Nc1ccc(S[C@@H](C)C(=O)N2CCN(c3oc(C4CC4)nc3C#N)CC2)cc1. The molecule has 1 aromatic heterocycles. The van der Waals surface area contributed by atoms with E-state index in [1.165, 1.54) is 18.7 Å². The molecule has 1 atom stereocenters. The standard InChI is InChI=1S/C22H25N5O3S/c1-14(31-18-7-5-17(6-8-18)24-15(2)28)21(29)26-9-11-27(12-10-26)22-19(13-23)25-20(30-22)16-3-4-16/h5-8,14,16H,3-4,9-12H2,1-2H3,(H,24,28)/t14-/m0/s1. The van der Waals surface area contributed by atoms with Gasteiger partial charge >= 0.3 is 0 Å². The van der Waals surface area contributed by atoms with Crippen molar-refractivity contribution in [1.29, 1.82) is 5.26 Å². The molecule has 0 radical (unpaired) electrons. The van der Waals surface area contributed by atoms with Gasteiger partial charge in [0, 0.05) is 49.6 Å². The number of nitrogens with one attached hydrogen (secondary N) is 1. The predicted molar refractivity (Wildman–Crippen MR) is 118 cm³/mol. The van der Waals surface area contributed by atoms with Crippen LogP contribution in [-0.2, 0) is 9.59 Å². The van der Waals surface area contributed by atoms with Crippen LogP contribution in [0.4, 0.5) is 11.6 Å². The average Bonchev–Trinajstić information content (AvgIpc) is 3.53. The van der Waals surface area contributed by atoms with Crippen LogP contribution in [0.3, 0.4) is 0 Å². The lowest BCUT2D eigenvalue weighted by atomic mass is 10.2. The van der Waals surface area contributed by atoms with Crippen molar-refractivity contribution in [3.63, 3.8) is 0 Å². The zero-order valence-corrected chi connectivity index (χ0v) is 18.4. The minimum atomic E-state index is -0.223. The van der Waals surface area contributed by atoms with Crippen molar-refractivity contribution in [1.82, 2.24) is 9.88 Å². The first-order valence-electron chi connectivity index (χ1n) is 10.4. The van der Waals surface area contributed by atoms with Crippen molar-refractivity contribution in [3.05, 3.63) is 35.9 Å². The van der Waals surface area contributed by atoms with Gasteiger partial charge in [-0.05, 0) is 44.0 Å². The summed E-state index contributed by atoms with van der Waals surface area (Å²) in [5.74, 6) is 1.54. The number of nitrogens with zero attached hydrogens (tertiary/aromatic N) is 4. The van der Waals surface area contributed by atoms with E-state index >= 15 is 0 Å². The van der Waals surface area contributed by atoms with Crippen LogP contribution in [0, 0.1) is 11.3 Å². The number of anilines is 2. The molecular formula is C22H25N5O3S. The first-order valence-corrected chi connectivity index (χ1v) is 11.3. The van der Waals surface area contributed by atoms with E-state index in [4.69, 9.17) is 4.42 Å². The van der Waals surface area contributed by atoms with Crippen molar-refractivity contribution < 1.29 is 14.0 Å². The van der Waals surface area contributed by atoms with Crippen molar-refractivity contribution in [2.45, 2.75) is 42.8 Å². The second kappa shape index (κ2) is 9.02. The van der Waals surface area contributed by atoms with E-state index in [2.05, 4.69) is 16.4 Å². The summed E-state index contributed by atoms with van der Waals surface area (Å²) in [5, 5.41) is 11.9. The summed E-state index contributed by atoms with van der Waals surface area (Å²) >= 11 is 1.50. The number of carbonyl (C=O) groups is 2. The largest absolute Gasteiger partial charge is 0.423 e. The molecule has 1 aliphatic heterocycles. The highest BCUT2D eigenvalue weighted by Crippen LogP contribution is 2.41. The van der Waals surface area contributed by atoms with Gasteiger partial charge in [-0.25, -0.2) is 4.98 Å². The van der Waals surface area contributed by atoms with Gasteiger partial charge in [-0.15, -0.1) is 11.8 Å². The third kappa shape index (κ3) is 5.02. The van der Waals surface area contributed by atoms with E-state index in [9.17, 15) is 14.9 Å². The molecule has 0 unspecified atom stereocenters. The molecule has 162 valence electrons. The molecule has 4 rings (SSSR count). The van der Waals surface area contributed by atoms with E-state index in [1.807, 2.05) is 41.0 Å². The summed E-state index contributed by atoms with van der Waals surface area (Å²) in [7, 11) is 0. The molecule has 1 saturated carbocycles. The monoisotopic (exact) mass is 439 g/mol. The van der Waals surface area contributed by atoms with E-state index in [0.29, 0.717) is 49.6 Å². The maximum absolute atomic E-state index is 12.9. The first kappa shape index (κ1) is 21.2. The van der Waals surface area contributed by atoms with Gasteiger partial charge < -0.3 is 19.5 Å². The Kier molecular flexibility index (Phi) is 6.18. The lowest BCUT2D eigenvalue weighted by molar-refractivity contribution is -0.130. The fraction of sp³-hybridized carbons (Fsp3) is 0.455. The van der Waals surface area contributed by atoms with Gasteiger partial charge in [0.15, 0.2) is 0 Å². The third-order valence-electron chi connectivity index (χ3n) is 5.37. The Morgan fingerprint density at radius 1 is 1.23 bits per heavy atom. The molecule has 0 bridgehead atoms. The lowest BCUT2D eigenvalue weighted by Gasteiger charge is -2.35. The zero-order chi connectivity index (χ0) is 22.0. The topological polar surface area (TPSA) is 102 Å². The number of nitriles is 1. The maximum Gasteiger partial charge on any atom is 0.235 e. The summed E-state index contributed by atoms with van der Waals surface area (Å²) in [6, 6.07) is 9.61. The molecule has 31 heavy (non-hydrogen) atoms. The van der Waals surface area contributed by atoms with Crippen LogP contribution in [0.25, 0.3) is 0 Å². The minimum absolute atomic E-state index is 0.0901. The number of oxazole rings is 1. The van der Waals surface area contributed by atoms with Crippen LogP contribution in [0.15, 0.2) is 33.6 Å². The smallest absolute Gasteiger partial charge is 0.235 e. The van der Waals surface area contributed by atoms with Gasteiger partial charge in [-0.2, -0.15) is 5.26 Å². The van der Waals surface area contributed by atoms with Gasteiger partial charge in [-0.1, -0.05) is 0 Å². The number of hydrogen-bond donors (Lipinski definition) is 1. The van der Waals surface area contributed by atoms with E-state index < -0.39 is 0 Å². The predicted octanol–water partition coefficient (Wildman–Crippen LogP) is 3.21. The molecule has 2 aliphatic rings. The van der Waals surface area contributed by atoms with E-state index in [0.717, 1.165) is 23.4 Å². The normalized spacial score (nSPS) is 17.2. The second-order valence-electron chi connectivity index (χ2n) is 7.87. The molecule has 9 heteroatoms. The van der Waals surface area contributed by atoms with E-state index in [-0.39, 0.29) is 17.1 Å². The molecule has 2 heterocycles. The number of amides is 2. The Hall–Kier alpha value is -2.99. The molecule has 1 saturated heterocycles. The number of hydrogen-bond acceptors (Lipinski definition) is 7. The second-order valence-corrected chi connectivity index (χ2v) is 9.28. The number of piperazine rings is 1. The van der Waals surface area contributed by atoms with Crippen LogP contribution in [-0.4, -0.2) is 53.1 Å². The molecular weight excluding hydrogens is 414 g/mol. The van der Waals surface area contributed by atoms with Crippen molar-refractivity contribution in [2.24, 2.45) is 0 Å². The number of rotatable bonds is 6. The number of aromatic nitrogens is 1. The van der Waals surface area contributed by atoms with Gasteiger partial charge in [0.05, 0.1) is 5.25 Å². The molecule has 1 aromatic carbocycles. The van der Waals surface area contributed by atoms with Crippen LogP contribution in [0.1, 0.15) is 44.2 Å². The summed E-state index contributed by atoms with van der Waals surface area (Å²) in [5.41, 5.74) is 1.08. The number of benzene rings is 1. The highest BCUT2D eigenvalue weighted by molar-refractivity contribution is 8.00. The van der Waals surface area contributed by atoms with Gasteiger partial charge in [-0.3, -0.25) is 9.59 Å².